The minimum atomic E-state index is 0.586. The first-order chi connectivity index (χ1) is 9.19. The molecule has 0 spiro atoms. The Morgan fingerprint density at radius 2 is 2.00 bits per heavy atom. The van der Waals surface area contributed by atoms with E-state index >= 15 is 0 Å². The molecule has 1 aromatic rings. The van der Waals surface area contributed by atoms with Crippen molar-refractivity contribution in [2.45, 2.75) is 56.6 Å². The Kier molecular flexibility index (Phi) is 2.78. The van der Waals surface area contributed by atoms with Crippen molar-refractivity contribution in [3.05, 3.63) is 35.4 Å². The topological polar surface area (TPSA) is 0 Å². The van der Waals surface area contributed by atoms with Crippen LogP contribution in [-0.4, -0.2) is 5.25 Å². The Morgan fingerprint density at radius 3 is 2.89 bits per heavy atom. The van der Waals surface area contributed by atoms with Crippen LogP contribution in [0.15, 0.2) is 24.3 Å². The van der Waals surface area contributed by atoms with E-state index in [-0.39, 0.29) is 0 Å². The Balaban J connectivity index is 1.77. The van der Waals surface area contributed by atoms with Gasteiger partial charge in [-0.15, -0.1) is 0 Å². The zero-order valence-electron chi connectivity index (χ0n) is 11.8. The predicted molar refractivity (Wildman–Crippen MR) is 83.8 cm³/mol. The highest BCUT2D eigenvalue weighted by Gasteiger charge is 2.52. The molecule has 0 unspecified atom stereocenters. The number of hydrogen-bond acceptors (Lipinski definition) is 1. The Morgan fingerprint density at radius 1 is 1.16 bits per heavy atom. The summed E-state index contributed by atoms with van der Waals surface area (Å²) >= 11 is 5.03. The number of fused-ring (bicyclic) bond motifs is 5. The van der Waals surface area contributed by atoms with Crippen LogP contribution >= 0.6 is 12.6 Å². The van der Waals surface area contributed by atoms with Gasteiger partial charge >= 0.3 is 0 Å². The number of rotatable bonds is 0. The van der Waals surface area contributed by atoms with E-state index in [0.717, 1.165) is 17.8 Å². The number of thiol groups is 1. The largest absolute Gasteiger partial charge is 0.175 e. The molecule has 0 aromatic heterocycles. The summed E-state index contributed by atoms with van der Waals surface area (Å²) in [6.07, 6.45) is 8.39. The van der Waals surface area contributed by atoms with Gasteiger partial charge in [0.15, 0.2) is 0 Å². The monoisotopic (exact) mass is 272 g/mol. The van der Waals surface area contributed by atoms with E-state index in [9.17, 15) is 0 Å². The fourth-order valence-electron chi connectivity index (χ4n) is 5.53. The van der Waals surface area contributed by atoms with Crippen LogP contribution in [0.4, 0.5) is 0 Å². The summed E-state index contributed by atoms with van der Waals surface area (Å²) in [6.45, 7) is 2.56. The van der Waals surface area contributed by atoms with Gasteiger partial charge in [0, 0.05) is 5.25 Å². The lowest BCUT2D eigenvalue weighted by atomic mass is 9.55. The highest BCUT2D eigenvalue weighted by atomic mass is 32.1. The van der Waals surface area contributed by atoms with Gasteiger partial charge in [0.05, 0.1) is 0 Å². The van der Waals surface area contributed by atoms with Crippen LogP contribution in [0.25, 0.3) is 0 Å². The second kappa shape index (κ2) is 4.28. The minimum Gasteiger partial charge on any atom is -0.175 e. The average Bonchev–Trinajstić information content (AvgIpc) is 2.80. The maximum Gasteiger partial charge on any atom is 0.00942 e. The third-order valence-corrected chi connectivity index (χ3v) is 6.97. The van der Waals surface area contributed by atoms with Crippen LogP contribution in [0.3, 0.4) is 0 Å². The van der Waals surface area contributed by atoms with Gasteiger partial charge in [0.1, 0.15) is 0 Å². The van der Waals surface area contributed by atoms with Gasteiger partial charge in [-0.05, 0) is 66.4 Å². The first-order valence-electron chi connectivity index (χ1n) is 7.95. The average molecular weight is 272 g/mol. The van der Waals surface area contributed by atoms with Crippen LogP contribution in [0.1, 0.15) is 56.1 Å². The molecular weight excluding hydrogens is 248 g/mol. The van der Waals surface area contributed by atoms with Crippen molar-refractivity contribution in [1.82, 2.24) is 0 Å². The summed E-state index contributed by atoms with van der Waals surface area (Å²) in [7, 11) is 0. The molecule has 4 rings (SSSR count). The summed E-state index contributed by atoms with van der Waals surface area (Å²) < 4.78 is 0. The first-order valence-corrected chi connectivity index (χ1v) is 8.46. The third kappa shape index (κ3) is 1.73. The van der Waals surface area contributed by atoms with Crippen LogP contribution in [0.5, 0.6) is 0 Å². The molecule has 0 heterocycles. The summed E-state index contributed by atoms with van der Waals surface area (Å²) in [5, 5.41) is 0.586. The molecule has 0 bridgehead atoms. The molecule has 0 saturated heterocycles. The summed E-state index contributed by atoms with van der Waals surface area (Å²) in [5.41, 5.74) is 3.87. The predicted octanol–water partition coefficient (Wildman–Crippen LogP) is 4.84. The Hall–Kier alpha value is -0.430. The van der Waals surface area contributed by atoms with Crippen molar-refractivity contribution < 1.29 is 0 Å². The SMILES string of the molecule is C[C@@]12CCC[C@H]1[C@@H]1[C@H](S)Cc3ccccc3[C@H]1CC2. The van der Waals surface area contributed by atoms with Crippen molar-refractivity contribution >= 4 is 12.6 Å². The zero-order chi connectivity index (χ0) is 13.0. The Labute approximate surface area is 122 Å². The van der Waals surface area contributed by atoms with Crippen molar-refractivity contribution in [3.8, 4) is 0 Å². The van der Waals surface area contributed by atoms with E-state index in [1.807, 2.05) is 0 Å². The molecule has 1 aromatic carbocycles. The summed E-state index contributed by atoms with van der Waals surface area (Å²) in [4.78, 5) is 0. The van der Waals surface area contributed by atoms with Crippen molar-refractivity contribution in [2.24, 2.45) is 17.3 Å². The second-order valence-corrected chi connectivity index (χ2v) is 8.01. The molecule has 19 heavy (non-hydrogen) atoms. The number of benzene rings is 1. The molecule has 1 heteroatoms. The maximum absolute atomic E-state index is 5.03. The first kappa shape index (κ1) is 12.3. The van der Waals surface area contributed by atoms with Crippen LogP contribution < -0.4 is 0 Å². The normalized spacial score (nSPS) is 44.3. The molecule has 2 saturated carbocycles. The van der Waals surface area contributed by atoms with Crippen molar-refractivity contribution in [3.63, 3.8) is 0 Å². The lowest BCUT2D eigenvalue weighted by molar-refractivity contribution is 0.0638. The van der Waals surface area contributed by atoms with Gasteiger partial charge in [0.25, 0.3) is 0 Å². The molecule has 0 N–H and O–H groups in total. The molecule has 5 atom stereocenters. The Bertz CT molecular complexity index is 494. The highest BCUT2D eigenvalue weighted by Crippen LogP contribution is 2.61. The lowest BCUT2D eigenvalue weighted by Gasteiger charge is -2.51. The molecule has 0 aliphatic heterocycles. The van der Waals surface area contributed by atoms with Gasteiger partial charge in [-0.1, -0.05) is 37.6 Å². The third-order valence-electron chi connectivity index (χ3n) is 6.44. The van der Waals surface area contributed by atoms with Gasteiger partial charge in [-0.3, -0.25) is 0 Å². The minimum absolute atomic E-state index is 0.586. The fraction of sp³-hybridized carbons (Fsp3) is 0.667. The molecule has 0 nitrogen and oxygen atoms in total. The van der Waals surface area contributed by atoms with Gasteiger partial charge < -0.3 is 0 Å². The molecular formula is C18H24S. The van der Waals surface area contributed by atoms with E-state index in [2.05, 4.69) is 31.2 Å². The quantitative estimate of drug-likeness (QED) is 0.642. The lowest BCUT2D eigenvalue weighted by Crippen LogP contribution is -2.44. The van der Waals surface area contributed by atoms with Crippen LogP contribution in [0, 0.1) is 17.3 Å². The van der Waals surface area contributed by atoms with Crippen LogP contribution in [-0.2, 0) is 6.42 Å². The van der Waals surface area contributed by atoms with Gasteiger partial charge in [0.2, 0.25) is 0 Å². The van der Waals surface area contributed by atoms with E-state index in [0.29, 0.717) is 10.7 Å². The number of hydrogen-bond donors (Lipinski definition) is 1. The van der Waals surface area contributed by atoms with E-state index in [1.165, 1.54) is 38.5 Å². The molecule has 3 aliphatic rings. The maximum atomic E-state index is 5.03. The smallest absolute Gasteiger partial charge is 0.00942 e. The van der Waals surface area contributed by atoms with Gasteiger partial charge in [-0.25, -0.2) is 0 Å². The van der Waals surface area contributed by atoms with Crippen molar-refractivity contribution in [2.75, 3.05) is 0 Å². The zero-order valence-corrected chi connectivity index (χ0v) is 12.7. The van der Waals surface area contributed by atoms with Crippen molar-refractivity contribution in [1.29, 1.82) is 0 Å². The molecule has 0 amide bonds. The molecule has 0 radical (unpaired) electrons. The van der Waals surface area contributed by atoms with E-state index in [4.69, 9.17) is 12.6 Å². The summed E-state index contributed by atoms with van der Waals surface area (Å²) in [5.74, 6) is 2.56. The molecule has 3 aliphatic carbocycles. The van der Waals surface area contributed by atoms with E-state index < -0.39 is 0 Å². The molecule has 102 valence electrons. The fourth-order valence-corrected chi connectivity index (χ4v) is 6.14. The summed E-state index contributed by atoms with van der Waals surface area (Å²) in [6, 6.07) is 9.15. The highest BCUT2D eigenvalue weighted by molar-refractivity contribution is 7.81. The second-order valence-electron chi connectivity index (χ2n) is 7.35. The van der Waals surface area contributed by atoms with Gasteiger partial charge in [-0.2, -0.15) is 12.6 Å². The van der Waals surface area contributed by atoms with Crippen LogP contribution in [0.2, 0.25) is 0 Å². The standard InChI is InChI=1S/C18H24S/c1-18-9-4-7-15(18)17-14(8-10-18)13-6-3-2-5-12(13)11-16(17)19/h2-3,5-6,14-17,19H,4,7-11H2,1H3/t14-,15+,16-,17-,18+/m1/s1. The molecule has 2 fully saturated rings. The van der Waals surface area contributed by atoms with E-state index in [1.54, 1.807) is 11.1 Å².